The van der Waals surface area contributed by atoms with Gasteiger partial charge in [-0.25, -0.2) is 9.18 Å². The fraction of sp³-hybridized carbons (Fsp3) is 0.429. The van der Waals surface area contributed by atoms with E-state index in [2.05, 4.69) is 5.32 Å². The predicted molar refractivity (Wildman–Crippen MR) is 102 cm³/mol. The molecule has 0 amide bonds. The minimum Gasteiger partial charge on any atom is -0.463 e. The van der Waals surface area contributed by atoms with Crippen molar-refractivity contribution in [2.24, 2.45) is 5.41 Å². The van der Waals surface area contributed by atoms with Gasteiger partial charge in [-0.3, -0.25) is 4.79 Å². The zero-order valence-electron chi connectivity index (χ0n) is 15.9. The van der Waals surface area contributed by atoms with E-state index in [0.29, 0.717) is 29.1 Å². The zero-order chi connectivity index (χ0) is 19.9. The highest BCUT2D eigenvalue weighted by Gasteiger charge is 2.43. The molecule has 1 aliphatic carbocycles. The highest BCUT2D eigenvalue weighted by Crippen LogP contribution is 2.47. The number of ether oxygens (including phenoxy) is 1. The van der Waals surface area contributed by atoms with Crippen LogP contribution < -0.4 is 5.32 Å². The third-order valence-electron chi connectivity index (χ3n) is 5.00. The van der Waals surface area contributed by atoms with Crippen LogP contribution in [0.4, 0.5) is 4.39 Å². The number of esters is 1. The number of hydrogen-bond donors (Lipinski definition) is 1. The lowest BCUT2D eigenvalue weighted by Gasteiger charge is -2.39. The first-order valence-corrected chi connectivity index (χ1v) is 9.38. The molecule has 1 N–H and O–H groups in total. The van der Waals surface area contributed by atoms with Crippen molar-refractivity contribution < 1.29 is 18.7 Å². The Kier molecular flexibility index (Phi) is 5.17. The van der Waals surface area contributed by atoms with Crippen molar-refractivity contribution >= 4 is 23.4 Å². The molecular formula is C21H23ClFNO3. The van der Waals surface area contributed by atoms with Gasteiger partial charge in [0.15, 0.2) is 5.78 Å². The number of benzene rings is 1. The highest BCUT2D eigenvalue weighted by molar-refractivity contribution is 6.30. The number of rotatable bonds is 3. The molecule has 0 bridgehead atoms. The van der Waals surface area contributed by atoms with Crippen LogP contribution in [0.25, 0.3) is 0 Å². The summed E-state index contributed by atoms with van der Waals surface area (Å²) in [5.41, 5.74) is 2.01. The lowest BCUT2D eigenvalue weighted by molar-refractivity contribution is -0.138. The summed E-state index contributed by atoms with van der Waals surface area (Å²) in [6, 6.07) is 4.19. The molecule has 27 heavy (non-hydrogen) atoms. The molecule has 1 aromatic carbocycles. The van der Waals surface area contributed by atoms with E-state index in [1.807, 2.05) is 13.8 Å². The third-order valence-corrected chi connectivity index (χ3v) is 5.24. The monoisotopic (exact) mass is 391 g/mol. The Morgan fingerprint density at radius 1 is 1.37 bits per heavy atom. The predicted octanol–water partition coefficient (Wildman–Crippen LogP) is 4.65. The molecule has 144 valence electrons. The number of Topliss-reactive ketones (excluding diaryl/α,β-unsaturated/α-hetero) is 1. The van der Waals surface area contributed by atoms with Gasteiger partial charge in [-0.2, -0.15) is 0 Å². The molecule has 2 aliphatic rings. The summed E-state index contributed by atoms with van der Waals surface area (Å²) in [5.74, 6) is -1.99. The van der Waals surface area contributed by atoms with E-state index >= 15 is 0 Å². The van der Waals surface area contributed by atoms with Crippen LogP contribution >= 0.6 is 11.6 Å². The summed E-state index contributed by atoms with van der Waals surface area (Å²) in [7, 11) is 0. The molecule has 0 saturated carbocycles. The van der Waals surface area contributed by atoms with Crippen molar-refractivity contribution in [2.75, 3.05) is 6.61 Å². The van der Waals surface area contributed by atoms with Crippen LogP contribution in [0.15, 0.2) is 40.7 Å². The van der Waals surface area contributed by atoms with Crippen LogP contribution in [0.3, 0.4) is 0 Å². The second-order valence-corrected chi connectivity index (χ2v) is 8.25. The summed E-state index contributed by atoms with van der Waals surface area (Å²) in [4.78, 5) is 25.7. The van der Waals surface area contributed by atoms with E-state index in [4.69, 9.17) is 16.3 Å². The van der Waals surface area contributed by atoms with Gasteiger partial charge in [0.05, 0.1) is 18.1 Å². The van der Waals surface area contributed by atoms with Gasteiger partial charge in [0.1, 0.15) is 5.82 Å². The molecule has 1 heterocycles. The van der Waals surface area contributed by atoms with E-state index < -0.39 is 17.7 Å². The molecular weight excluding hydrogens is 369 g/mol. The molecule has 6 heteroatoms. The van der Waals surface area contributed by atoms with Gasteiger partial charge in [-0.1, -0.05) is 25.4 Å². The van der Waals surface area contributed by atoms with Gasteiger partial charge in [0.25, 0.3) is 0 Å². The molecule has 0 saturated heterocycles. The number of ketones is 1. The number of allylic oxidation sites excluding steroid dienone is 3. The zero-order valence-corrected chi connectivity index (χ0v) is 16.7. The molecule has 1 aliphatic heterocycles. The van der Waals surface area contributed by atoms with Crippen molar-refractivity contribution in [3.63, 3.8) is 0 Å². The lowest BCUT2D eigenvalue weighted by Crippen LogP contribution is -2.39. The van der Waals surface area contributed by atoms with E-state index in [1.54, 1.807) is 13.8 Å². The maximum absolute atomic E-state index is 14.8. The largest absolute Gasteiger partial charge is 0.463 e. The summed E-state index contributed by atoms with van der Waals surface area (Å²) in [6.07, 6.45) is 0.974. The van der Waals surface area contributed by atoms with Crippen LogP contribution in [0.5, 0.6) is 0 Å². The van der Waals surface area contributed by atoms with Gasteiger partial charge >= 0.3 is 5.97 Å². The van der Waals surface area contributed by atoms with Crippen LogP contribution in [0.2, 0.25) is 5.02 Å². The minimum absolute atomic E-state index is 0.0903. The quantitative estimate of drug-likeness (QED) is 0.762. The lowest BCUT2D eigenvalue weighted by atomic mass is 9.68. The molecule has 1 aromatic rings. The minimum atomic E-state index is -0.831. The summed E-state index contributed by atoms with van der Waals surface area (Å²) in [5, 5.41) is 3.55. The van der Waals surface area contributed by atoms with Crippen molar-refractivity contribution in [3.05, 3.63) is 57.1 Å². The molecule has 4 nitrogen and oxygen atoms in total. The second-order valence-electron chi connectivity index (χ2n) is 7.82. The fourth-order valence-corrected chi connectivity index (χ4v) is 4.14. The van der Waals surface area contributed by atoms with Crippen LogP contribution in [-0.2, 0) is 14.3 Å². The Morgan fingerprint density at radius 2 is 2.07 bits per heavy atom. The van der Waals surface area contributed by atoms with Gasteiger partial charge in [-0.05, 0) is 43.9 Å². The van der Waals surface area contributed by atoms with E-state index in [9.17, 15) is 14.0 Å². The Morgan fingerprint density at radius 3 is 2.74 bits per heavy atom. The van der Waals surface area contributed by atoms with Gasteiger partial charge in [0, 0.05) is 34.0 Å². The molecule has 0 fully saturated rings. The normalized spacial score (nSPS) is 21.7. The number of carbonyl (C=O) groups is 2. The fourth-order valence-electron chi connectivity index (χ4n) is 3.96. The summed E-state index contributed by atoms with van der Waals surface area (Å²) in [6.45, 7) is 7.68. The number of carbonyl (C=O) groups excluding carboxylic acids is 2. The summed E-state index contributed by atoms with van der Waals surface area (Å²) >= 11 is 6.10. The molecule has 1 atom stereocenters. The van der Waals surface area contributed by atoms with Gasteiger partial charge < -0.3 is 10.1 Å². The van der Waals surface area contributed by atoms with Crippen LogP contribution in [0, 0.1) is 11.2 Å². The van der Waals surface area contributed by atoms with Gasteiger partial charge in [-0.15, -0.1) is 0 Å². The topological polar surface area (TPSA) is 55.4 Å². The average Bonchev–Trinajstić information content (AvgIpc) is 2.54. The average molecular weight is 392 g/mol. The van der Waals surface area contributed by atoms with Crippen molar-refractivity contribution in [1.29, 1.82) is 0 Å². The van der Waals surface area contributed by atoms with E-state index in [1.165, 1.54) is 18.2 Å². The van der Waals surface area contributed by atoms with Crippen molar-refractivity contribution in [1.82, 2.24) is 5.32 Å². The molecule has 0 spiro atoms. The first-order chi connectivity index (χ1) is 12.6. The number of nitrogens with one attached hydrogen (secondary N) is 1. The van der Waals surface area contributed by atoms with E-state index in [-0.39, 0.29) is 28.9 Å². The third kappa shape index (κ3) is 3.65. The van der Waals surface area contributed by atoms with Crippen molar-refractivity contribution in [3.8, 4) is 0 Å². The Hall–Kier alpha value is -2.14. The van der Waals surface area contributed by atoms with Crippen molar-refractivity contribution in [2.45, 2.75) is 46.5 Å². The van der Waals surface area contributed by atoms with Crippen LogP contribution in [-0.4, -0.2) is 18.4 Å². The van der Waals surface area contributed by atoms with Gasteiger partial charge in [0.2, 0.25) is 0 Å². The maximum atomic E-state index is 14.8. The molecule has 0 aromatic heterocycles. The first-order valence-electron chi connectivity index (χ1n) is 9.00. The highest BCUT2D eigenvalue weighted by atomic mass is 35.5. The smallest absolute Gasteiger partial charge is 0.336 e. The Balaban J connectivity index is 2.24. The summed E-state index contributed by atoms with van der Waals surface area (Å²) < 4.78 is 20.0. The maximum Gasteiger partial charge on any atom is 0.336 e. The standard InChI is InChI=1S/C21H23ClFNO3/c1-5-27-20(26)17-11(2)24-15-9-21(3,4)10-16(25)19(15)18(17)13-8-12(22)6-7-14(13)23/h6-8,18,24H,5,9-10H2,1-4H3/t18-/m1/s1. The second kappa shape index (κ2) is 7.12. The SMILES string of the molecule is CCOC(=O)C1=C(C)NC2=C(C(=O)CC(C)(C)C2)[C@@H]1c1cc(Cl)ccc1F. The molecule has 0 radical (unpaired) electrons. The Labute approximate surface area is 163 Å². The number of hydrogen-bond acceptors (Lipinski definition) is 4. The molecule has 0 unspecified atom stereocenters. The molecule has 3 rings (SSSR count). The van der Waals surface area contributed by atoms with E-state index in [0.717, 1.165) is 5.70 Å². The first kappa shape index (κ1) is 19.6. The van der Waals surface area contributed by atoms with Crippen LogP contribution in [0.1, 0.15) is 52.0 Å². The number of dihydropyridines is 1. The number of halogens is 2. The Bertz CT molecular complexity index is 885.